The summed E-state index contributed by atoms with van der Waals surface area (Å²) in [5.41, 5.74) is 1.55. The maximum Gasteiger partial charge on any atom is 0.328 e. The summed E-state index contributed by atoms with van der Waals surface area (Å²) in [7, 11) is 3.14. The molecule has 0 aliphatic carbocycles. The number of carboxylic acids is 1. The summed E-state index contributed by atoms with van der Waals surface area (Å²) in [6.45, 7) is 2.01. The smallest absolute Gasteiger partial charge is 0.328 e. The quantitative estimate of drug-likeness (QED) is 0.788. The Morgan fingerprint density at radius 1 is 1.33 bits per heavy atom. The summed E-state index contributed by atoms with van der Waals surface area (Å²) in [4.78, 5) is 10.8. The summed E-state index contributed by atoms with van der Waals surface area (Å²) < 4.78 is 10.4. The van der Waals surface area contributed by atoms with Crippen molar-refractivity contribution >= 4 is 11.5 Å². The van der Waals surface area contributed by atoms with Crippen molar-refractivity contribution in [3.05, 3.63) is 29.8 Å². The van der Waals surface area contributed by atoms with E-state index in [2.05, 4.69) is 0 Å². The molecule has 0 fully saturated rings. The minimum absolute atomic E-state index is 0.621. The topological polar surface area (TPSA) is 55.8 Å². The monoisotopic (exact) mass is 250 g/mol. The van der Waals surface area contributed by atoms with Gasteiger partial charge < -0.3 is 14.6 Å². The van der Waals surface area contributed by atoms with Crippen LogP contribution >= 0.6 is 0 Å². The highest BCUT2D eigenvalue weighted by atomic mass is 16.5. The fourth-order valence-electron chi connectivity index (χ4n) is 1.77. The summed E-state index contributed by atoms with van der Waals surface area (Å²) in [6, 6.07) is 5.37. The lowest BCUT2D eigenvalue weighted by Gasteiger charge is -2.12. The van der Waals surface area contributed by atoms with Gasteiger partial charge in [-0.15, -0.1) is 0 Å². The summed E-state index contributed by atoms with van der Waals surface area (Å²) in [5.74, 6) is 0.355. The Balaban J connectivity index is 3.23. The first kappa shape index (κ1) is 14.1. The molecule has 0 saturated carbocycles. The maximum absolute atomic E-state index is 10.8. The molecule has 98 valence electrons. The molecule has 0 aromatic heterocycles. The van der Waals surface area contributed by atoms with Gasteiger partial charge in [0.05, 0.1) is 14.2 Å². The fraction of sp³-hybridized carbons (Fsp3) is 0.357. The zero-order valence-corrected chi connectivity index (χ0v) is 10.9. The van der Waals surface area contributed by atoms with Gasteiger partial charge in [-0.3, -0.25) is 0 Å². The van der Waals surface area contributed by atoms with Gasteiger partial charge in [0.1, 0.15) is 11.5 Å². The Hall–Kier alpha value is -1.97. The van der Waals surface area contributed by atoms with Crippen LogP contribution in [0.1, 0.15) is 25.3 Å². The van der Waals surface area contributed by atoms with Crippen LogP contribution in [0.2, 0.25) is 0 Å². The number of allylic oxidation sites excluding steroid dienone is 1. The SMILES string of the molecule is CCC/C(=C/C(=O)O)c1ccc(OC)cc1OC. The third-order valence-corrected chi connectivity index (χ3v) is 2.57. The lowest BCUT2D eigenvalue weighted by molar-refractivity contribution is -0.131. The molecule has 1 N–H and O–H groups in total. The van der Waals surface area contributed by atoms with Crippen molar-refractivity contribution in [2.24, 2.45) is 0 Å². The first-order valence-corrected chi connectivity index (χ1v) is 5.78. The van der Waals surface area contributed by atoms with Crippen molar-refractivity contribution in [2.75, 3.05) is 14.2 Å². The highest BCUT2D eigenvalue weighted by molar-refractivity contribution is 5.91. The molecule has 0 bridgehead atoms. The van der Waals surface area contributed by atoms with Crippen LogP contribution in [0.4, 0.5) is 0 Å². The predicted molar refractivity (Wildman–Crippen MR) is 70.1 cm³/mol. The number of ether oxygens (including phenoxy) is 2. The van der Waals surface area contributed by atoms with Crippen LogP contribution in [0.5, 0.6) is 11.5 Å². The molecule has 1 aromatic carbocycles. The van der Waals surface area contributed by atoms with Crippen molar-refractivity contribution in [1.82, 2.24) is 0 Å². The van der Waals surface area contributed by atoms with E-state index in [9.17, 15) is 4.79 Å². The van der Waals surface area contributed by atoms with Crippen LogP contribution in [0.25, 0.3) is 5.57 Å². The molecule has 0 unspecified atom stereocenters. The third kappa shape index (κ3) is 3.52. The minimum atomic E-state index is -0.948. The molecule has 18 heavy (non-hydrogen) atoms. The standard InChI is InChI=1S/C14H18O4/c1-4-5-10(8-14(15)16)12-7-6-11(17-2)9-13(12)18-3/h6-9H,4-5H2,1-3H3,(H,15,16)/b10-8-. The van der Waals surface area contributed by atoms with Crippen molar-refractivity contribution in [3.63, 3.8) is 0 Å². The van der Waals surface area contributed by atoms with Crippen LogP contribution in [0.3, 0.4) is 0 Å². The Kier molecular flexibility index (Phi) is 5.24. The molecular formula is C14H18O4. The van der Waals surface area contributed by atoms with E-state index in [1.54, 1.807) is 26.4 Å². The van der Waals surface area contributed by atoms with Gasteiger partial charge in [0.25, 0.3) is 0 Å². The minimum Gasteiger partial charge on any atom is -0.497 e. The molecule has 1 rings (SSSR count). The number of benzene rings is 1. The molecule has 0 amide bonds. The van der Waals surface area contributed by atoms with Gasteiger partial charge in [-0.2, -0.15) is 0 Å². The van der Waals surface area contributed by atoms with E-state index in [1.165, 1.54) is 6.08 Å². The normalized spacial score (nSPS) is 11.2. The van der Waals surface area contributed by atoms with Crippen molar-refractivity contribution in [2.45, 2.75) is 19.8 Å². The number of aliphatic carboxylic acids is 1. The van der Waals surface area contributed by atoms with Crippen LogP contribution in [-0.4, -0.2) is 25.3 Å². The van der Waals surface area contributed by atoms with Crippen molar-refractivity contribution in [1.29, 1.82) is 0 Å². The van der Waals surface area contributed by atoms with E-state index in [0.717, 1.165) is 17.6 Å². The Labute approximate surface area is 107 Å². The van der Waals surface area contributed by atoms with E-state index >= 15 is 0 Å². The van der Waals surface area contributed by atoms with E-state index in [4.69, 9.17) is 14.6 Å². The van der Waals surface area contributed by atoms with Gasteiger partial charge in [0.2, 0.25) is 0 Å². The third-order valence-electron chi connectivity index (χ3n) is 2.57. The largest absolute Gasteiger partial charge is 0.497 e. The van der Waals surface area contributed by atoms with E-state index in [-0.39, 0.29) is 0 Å². The summed E-state index contributed by atoms with van der Waals surface area (Å²) >= 11 is 0. The summed E-state index contributed by atoms with van der Waals surface area (Å²) in [6.07, 6.45) is 2.79. The highest BCUT2D eigenvalue weighted by Crippen LogP contribution is 2.32. The fourth-order valence-corrected chi connectivity index (χ4v) is 1.77. The van der Waals surface area contributed by atoms with Gasteiger partial charge >= 0.3 is 5.97 Å². The second-order valence-electron chi connectivity index (χ2n) is 3.82. The lowest BCUT2D eigenvalue weighted by atomic mass is 10.00. The average Bonchev–Trinajstić information content (AvgIpc) is 2.37. The van der Waals surface area contributed by atoms with Crippen LogP contribution in [0, 0.1) is 0 Å². The number of hydrogen-bond donors (Lipinski definition) is 1. The molecule has 0 aliphatic rings. The molecule has 0 radical (unpaired) electrons. The van der Waals surface area contributed by atoms with Gasteiger partial charge in [-0.1, -0.05) is 13.3 Å². The second-order valence-corrected chi connectivity index (χ2v) is 3.82. The number of hydrogen-bond acceptors (Lipinski definition) is 3. The first-order valence-electron chi connectivity index (χ1n) is 5.78. The molecule has 4 nitrogen and oxygen atoms in total. The molecular weight excluding hydrogens is 232 g/mol. The van der Waals surface area contributed by atoms with Crippen molar-refractivity contribution in [3.8, 4) is 11.5 Å². The van der Waals surface area contributed by atoms with Crippen LogP contribution in [-0.2, 0) is 4.79 Å². The molecule has 4 heteroatoms. The highest BCUT2D eigenvalue weighted by Gasteiger charge is 2.10. The Morgan fingerprint density at radius 2 is 2.06 bits per heavy atom. The first-order chi connectivity index (χ1) is 8.62. The van der Waals surface area contributed by atoms with E-state index in [0.29, 0.717) is 17.9 Å². The lowest BCUT2D eigenvalue weighted by Crippen LogP contribution is -1.97. The zero-order chi connectivity index (χ0) is 13.5. The van der Waals surface area contributed by atoms with Gasteiger partial charge in [-0.25, -0.2) is 4.79 Å². The number of methoxy groups -OCH3 is 2. The van der Waals surface area contributed by atoms with Gasteiger partial charge in [-0.05, 0) is 24.1 Å². The molecule has 1 aromatic rings. The number of rotatable bonds is 6. The Bertz CT molecular complexity index is 449. The summed E-state index contributed by atoms with van der Waals surface area (Å²) in [5, 5.41) is 8.89. The van der Waals surface area contributed by atoms with Gasteiger partial charge in [0, 0.05) is 17.7 Å². The molecule has 0 saturated heterocycles. The molecule has 0 aliphatic heterocycles. The Morgan fingerprint density at radius 3 is 2.56 bits per heavy atom. The molecule has 0 heterocycles. The number of carboxylic acid groups (broad SMARTS) is 1. The zero-order valence-electron chi connectivity index (χ0n) is 10.9. The van der Waals surface area contributed by atoms with Crippen molar-refractivity contribution < 1.29 is 19.4 Å². The molecule has 0 atom stereocenters. The second kappa shape index (κ2) is 6.69. The van der Waals surface area contributed by atoms with Crippen LogP contribution in [0.15, 0.2) is 24.3 Å². The van der Waals surface area contributed by atoms with E-state index < -0.39 is 5.97 Å². The number of carbonyl (C=O) groups is 1. The van der Waals surface area contributed by atoms with E-state index in [1.807, 2.05) is 13.0 Å². The predicted octanol–water partition coefficient (Wildman–Crippen LogP) is 2.97. The van der Waals surface area contributed by atoms with Gasteiger partial charge in [0.15, 0.2) is 0 Å². The maximum atomic E-state index is 10.8. The molecule has 0 spiro atoms. The van der Waals surface area contributed by atoms with Crippen LogP contribution < -0.4 is 9.47 Å². The average molecular weight is 250 g/mol.